The van der Waals surface area contributed by atoms with Crippen LogP contribution in [0.1, 0.15) is 11.1 Å². The van der Waals surface area contributed by atoms with Crippen LogP contribution in [-0.4, -0.2) is 35.1 Å². The molecule has 0 spiro atoms. The van der Waals surface area contributed by atoms with Gasteiger partial charge in [0.2, 0.25) is 0 Å². The molecule has 3 aromatic heterocycles. The van der Waals surface area contributed by atoms with E-state index >= 15 is 0 Å². The van der Waals surface area contributed by atoms with Gasteiger partial charge in [-0.05, 0) is 30.2 Å². The number of hydrogen-bond acceptors (Lipinski definition) is 7. The van der Waals surface area contributed by atoms with Gasteiger partial charge in [-0.25, -0.2) is 14.6 Å². The zero-order chi connectivity index (χ0) is 17.6. The van der Waals surface area contributed by atoms with Crippen LogP contribution in [0.2, 0.25) is 10.0 Å². The van der Waals surface area contributed by atoms with Crippen molar-refractivity contribution in [1.29, 1.82) is 0 Å². The molecule has 1 aromatic carbocycles. The van der Waals surface area contributed by atoms with E-state index in [-0.39, 0.29) is 5.19 Å². The molecule has 1 N–H and O–H groups in total. The molecule has 0 aliphatic rings. The highest BCUT2D eigenvalue weighted by Crippen LogP contribution is 2.27. The summed E-state index contributed by atoms with van der Waals surface area (Å²) in [6.45, 7) is 2.35. The van der Waals surface area contributed by atoms with Gasteiger partial charge in [0.1, 0.15) is 11.4 Å². The van der Waals surface area contributed by atoms with E-state index in [2.05, 4.69) is 25.3 Å². The highest BCUT2D eigenvalue weighted by atomic mass is 35.5. The normalized spacial score (nSPS) is 11.3. The molecule has 0 amide bonds. The molecule has 0 bridgehead atoms. The second-order valence-electron chi connectivity index (χ2n) is 5.37. The number of fused-ring (bicyclic) bond motifs is 1. The van der Waals surface area contributed by atoms with Gasteiger partial charge in [-0.3, -0.25) is 0 Å². The summed E-state index contributed by atoms with van der Waals surface area (Å²) in [6.07, 6.45) is 3.31. The zero-order valence-corrected chi connectivity index (χ0v) is 15.1. The van der Waals surface area contributed by atoms with Crippen LogP contribution in [0.15, 0.2) is 24.5 Å². The van der Waals surface area contributed by atoms with Gasteiger partial charge in [0.05, 0.1) is 18.9 Å². The van der Waals surface area contributed by atoms with E-state index in [1.165, 1.54) is 0 Å². The number of nitrogens with zero attached hydrogens (tertiary/aromatic N) is 6. The number of rotatable bonds is 3. The number of aromatic hydroxyl groups is 1. The second-order valence-corrected chi connectivity index (χ2v) is 7.14. The Bertz CT molecular complexity index is 1070. The Morgan fingerprint density at radius 2 is 1.92 bits per heavy atom. The highest BCUT2D eigenvalue weighted by Gasteiger charge is 2.11. The van der Waals surface area contributed by atoms with Crippen molar-refractivity contribution in [2.24, 2.45) is 0 Å². The fourth-order valence-electron chi connectivity index (χ4n) is 2.30. The van der Waals surface area contributed by atoms with E-state index in [1.54, 1.807) is 17.1 Å². The third-order valence-corrected chi connectivity index (χ3v) is 5.12. The first-order valence-electron chi connectivity index (χ1n) is 7.17. The van der Waals surface area contributed by atoms with Crippen LogP contribution in [0.25, 0.3) is 21.9 Å². The number of benzene rings is 1. The molecular weight excluding hydrogens is 383 g/mol. The standard InChI is InChI=1S/C15H10Cl2N6OS/c1-7-9(16)2-8(3-10(7)17)5-23-6-12(21-22-23)11-4-18-13-14(19-11)25-15(24)20-13/h2-4,6H,5H2,1H3,(H,18,20,24). The summed E-state index contributed by atoms with van der Waals surface area (Å²) >= 11 is 13.4. The molecule has 3 heterocycles. The number of hydrogen-bond donors (Lipinski definition) is 1. The van der Waals surface area contributed by atoms with E-state index in [0.29, 0.717) is 38.5 Å². The Labute approximate surface area is 155 Å². The summed E-state index contributed by atoms with van der Waals surface area (Å²) in [6, 6.07) is 3.71. The largest absolute Gasteiger partial charge is 0.486 e. The van der Waals surface area contributed by atoms with E-state index in [0.717, 1.165) is 22.5 Å². The lowest BCUT2D eigenvalue weighted by atomic mass is 10.1. The van der Waals surface area contributed by atoms with Crippen LogP contribution in [0, 0.1) is 6.92 Å². The van der Waals surface area contributed by atoms with E-state index in [9.17, 15) is 5.11 Å². The minimum absolute atomic E-state index is 0.0658. The minimum Gasteiger partial charge on any atom is -0.486 e. The SMILES string of the molecule is Cc1c(Cl)cc(Cn2cc(-c3cnc4nc(O)sc4n3)nn2)cc1Cl. The molecule has 0 saturated carbocycles. The molecule has 0 aliphatic carbocycles. The molecule has 25 heavy (non-hydrogen) atoms. The molecule has 4 aromatic rings. The van der Waals surface area contributed by atoms with Crippen molar-refractivity contribution in [3.63, 3.8) is 0 Å². The first kappa shape index (κ1) is 16.2. The molecule has 4 rings (SSSR count). The third-order valence-electron chi connectivity index (χ3n) is 3.60. The van der Waals surface area contributed by atoms with Crippen molar-refractivity contribution >= 4 is 45.0 Å². The number of thiazole rings is 1. The van der Waals surface area contributed by atoms with Gasteiger partial charge in [-0.1, -0.05) is 39.8 Å². The Kier molecular flexibility index (Phi) is 4.03. The molecule has 0 atom stereocenters. The van der Waals surface area contributed by atoms with Crippen molar-refractivity contribution in [1.82, 2.24) is 29.9 Å². The average molecular weight is 393 g/mol. The lowest BCUT2D eigenvalue weighted by molar-refractivity contribution is 0.472. The maximum absolute atomic E-state index is 9.42. The van der Waals surface area contributed by atoms with Crippen molar-refractivity contribution in [2.45, 2.75) is 13.5 Å². The Balaban J connectivity index is 1.63. The monoisotopic (exact) mass is 392 g/mol. The maximum Gasteiger partial charge on any atom is 0.274 e. The topological polar surface area (TPSA) is 89.6 Å². The van der Waals surface area contributed by atoms with Gasteiger partial charge in [0, 0.05) is 10.0 Å². The quantitative estimate of drug-likeness (QED) is 0.571. The van der Waals surface area contributed by atoms with E-state index in [4.69, 9.17) is 23.2 Å². The summed E-state index contributed by atoms with van der Waals surface area (Å²) in [5, 5.41) is 18.8. The van der Waals surface area contributed by atoms with Gasteiger partial charge in [0.15, 0.2) is 10.5 Å². The van der Waals surface area contributed by atoms with Crippen molar-refractivity contribution in [3.05, 3.63) is 45.7 Å². The van der Waals surface area contributed by atoms with Crippen LogP contribution in [0.4, 0.5) is 0 Å². The summed E-state index contributed by atoms with van der Waals surface area (Å²) in [5.41, 5.74) is 3.31. The average Bonchev–Trinajstić information content (AvgIpc) is 3.17. The lowest BCUT2D eigenvalue weighted by Crippen LogP contribution is -2.01. The molecular formula is C15H10Cl2N6OS. The third kappa shape index (κ3) is 3.15. The molecule has 0 aliphatic heterocycles. The minimum atomic E-state index is -0.0658. The zero-order valence-electron chi connectivity index (χ0n) is 12.8. The molecule has 0 fully saturated rings. The summed E-state index contributed by atoms with van der Waals surface area (Å²) in [5.74, 6) is 0. The van der Waals surface area contributed by atoms with E-state index < -0.39 is 0 Å². The van der Waals surface area contributed by atoms with Crippen LogP contribution < -0.4 is 0 Å². The summed E-state index contributed by atoms with van der Waals surface area (Å²) in [7, 11) is 0. The van der Waals surface area contributed by atoms with Crippen molar-refractivity contribution < 1.29 is 5.11 Å². The first-order valence-corrected chi connectivity index (χ1v) is 8.74. The van der Waals surface area contributed by atoms with Crippen molar-refractivity contribution in [2.75, 3.05) is 0 Å². The fraction of sp³-hybridized carbons (Fsp3) is 0.133. The fourth-order valence-corrected chi connectivity index (χ4v) is 3.47. The smallest absolute Gasteiger partial charge is 0.274 e. The number of aromatic nitrogens is 6. The van der Waals surface area contributed by atoms with Gasteiger partial charge in [-0.2, -0.15) is 4.98 Å². The van der Waals surface area contributed by atoms with Crippen LogP contribution in [0.5, 0.6) is 5.19 Å². The van der Waals surface area contributed by atoms with Crippen molar-refractivity contribution in [3.8, 4) is 16.6 Å². The summed E-state index contributed by atoms with van der Waals surface area (Å²) < 4.78 is 1.67. The Morgan fingerprint density at radius 3 is 2.68 bits per heavy atom. The predicted octanol–water partition coefficient (Wildman–Crippen LogP) is 3.71. The second kappa shape index (κ2) is 6.21. The lowest BCUT2D eigenvalue weighted by Gasteiger charge is -2.06. The maximum atomic E-state index is 9.42. The van der Waals surface area contributed by atoms with Gasteiger partial charge < -0.3 is 5.11 Å². The van der Waals surface area contributed by atoms with Crippen LogP contribution in [0.3, 0.4) is 0 Å². The first-order chi connectivity index (χ1) is 12.0. The van der Waals surface area contributed by atoms with Gasteiger partial charge >= 0.3 is 0 Å². The van der Waals surface area contributed by atoms with Crippen LogP contribution in [-0.2, 0) is 6.54 Å². The molecule has 10 heteroatoms. The molecule has 0 unspecified atom stereocenters. The molecule has 126 valence electrons. The molecule has 0 saturated heterocycles. The number of halogens is 2. The van der Waals surface area contributed by atoms with Gasteiger partial charge in [0.25, 0.3) is 5.19 Å². The van der Waals surface area contributed by atoms with Crippen LogP contribution >= 0.6 is 34.5 Å². The predicted molar refractivity (Wildman–Crippen MR) is 96.2 cm³/mol. The molecule has 0 radical (unpaired) electrons. The van der Waals surface area contributed by atoms with Gasteiger partial charge in [-0.15, -0.1) is 5.10 Å². The Morgan fingerprint density at radius 1 is 1.16 bits per heavy atom. The molecule has 7 nitrogen and oxygen atoms in total. The van der Waals surface area contributed by atoms with E-state index in [1.807, 2.05) is 19.1 Å². The highest BCUT2D eigenvalue weighted by molar-refractivity contribution is 7.19. The summed E-state index contributed by atoms with van der Waals surface area (Å²) in [4.78, 5) is 13.0. The Hall–Kier alpha value is -2.29.